The smallest absolute Gasteiger partial charge is 0.0263 e. The van der Waals surface area contributed by atoms with Gasteiger partial charge in [-0.25, -0.2) is 0 Å². The van der Waals surface area contributed by atoms with E-state index < -0.39 is 0 Å². The SMILES string of the molecule is CC(C)N(CC1CCCNC1)CC1Cc2ccccc2S1. The Morgan fingerprint density at radius 3 is 2.86 bits per heavy atom. The fourth-order valence-electron chi connectivity index (χ4n) is 3.52. The van der Waals surface area contributed by atoms with Crippen LogP contribution in [0.4, 0.5) is 0 Å². The zero-order valence-electron chi connectivity index (χ0n) is 13.3. The number of nitrogens with zero attached hydrogens (tertiary/aromatic N) is 1. The van der Waals surface area contributed by atoms with E-state index in [1.165, 1.54) is 50.3 Å². The second-order valence-electron chi connectivity index (χ2n) is 6.81. The maximum Gasteiger partial charge on any atom is 0.0263 e. The summed E-state index contributed by atoms with van der Waals surface area (Å²) in [4.78, 5) is 4.21. The predicted octanol–water partition coefficient (Wildman–Crippen LogP) is 3.41. The molecule has 0 saturated carbocycles. The van der Waals surface area contributed by atoms with Crippen molar-refractivity contribution in [3.63, 3.8) is 0 Å². The third-order valence-corrected chi connectivity index (χ3v) is 6.08. The molecule has 116 valence electrons. The minimum Gasteiger partial charge on any atom is -0.316 e. The third-order valence-electron chi connectivity index (χ3n) is 4.77. The van der Waals surface area contributed by atoms with Gasteiger partial charge in [-0.1, -0.05) is 18.2 Å². The van der Waals surface area contributed by atoms with Gasteiger partial charge in [0.2, 0.25) is 0 Å². The van der Waals surface area contributed by atoms with E-state index in [0.29, 0.717) is 6.04 Å². The van der Waals surface area contributed by atoms with E-state index in [4.69, 9.17) is 0 Å². The molecule has 2 heterocycles. The van der Waals surface area contributed by atoms with E-state index >= 15 is 0 Å². The molecule has 0 aliphatic carbocycles. The number of piperidine rings is 1. The fraction of sp³-hybridized carbons (Fsp3) is 0.667. The van der Waals surface area contributed by atoms with Gasteiger partial charge in [0.1, 0.15) is 0 Å². The van der Waals surface area contributed by atoms with Gasteiger partial charge in [0.25, 0.3) is 0 Å². The largest absolute Gasteiger partial charge is 0.316 e. The van der Waals surface area contributed by atoms with Crippen LogP contribution in [0.2, 0.25) is 0 Å². The fourth-order valence-corrected chi connectivity index (χ4v) is 4.87. The van der Waals surface area contributed by atoms with Gasteiger partial charge in [0, 0.05) is 29.3 Å². The van der Waals surface area contributed by atoms with Crippen molar-refractivity contribution in [2.45, 2.75) is 49.3 Å². The maximum absolute atomic E-state index is 3.56. The molecule has 1 fully saturated rings. The molecule has 21 heavy (non-hydrogen) atoms. The Balaban J connectivity index is 1.56. The summed E-state index contributed by atoms with van der Waals surface area (Å²) in [6, 6.07) is 9.58. The van der Waals surface area contributed by atoms with Crippen molar-refractivity contribution in [1.29, 1.82) is 0 Å². The van der Waals surface area contributed by atoms with Gasteiger partial charge in [0.05, 0.1) is 0 Å². The Labute approximate surface area is 133 Å². The highest BCUT2D eigenvalue weighted by Gasteiger charge is 2.26. The summed E-state index contributed by atoms with van der Waals surface area (Å²) < 4.78 is 0. The molecule has 0 amide bonds. The first-order chi connectivity index (χ1) is 10.2. The lowest BCUT2D eigenvalue weighted by Crippen LogP contribution is -2.43. The van der Waals surface area contributed by atoms with Crippen molar-refractivity contribution < 1.29 is 0 Å². The van der Waals surface area contributed by atoms with Crippen LogP contribution < -0.4 is 5.32 Å². The van der Waals surface area contributed by atoms with Crippen molar-refractivity contribution in [3.8, 4) is 0 Å². The first kappa shape index (κ1) is 15.4. The average Bonchev–Trinajstić information content (AvgIpc) is 2.90. The van der Waals surface area contributed by atoms with E-state index in [2.05, 4.69) is 60.1 Å². The van der Waals surface area contributed by atoms with Crippen molar-refractivity contribution in [2.75, 3.05) is 26.2 Å². The second kappa shape index (κ2) is 7.17. The average molecular weight is 305 g/mol. The van der Waals surface area contributed by atoms with Crippen molar-refractivity contribution >= 4 is 11.8 Å². The van der Waals surface area contributed by atoms with Gasteiger partial charge < -0.3 is 5.32 Å². The molecule has 1 aromatic carbocycles. The number of hydrogen-bond acceptors (Lipinski definition) is 3. The normalized spacial score (nSPS) is 25.5. The van der Waals surface area contributed by atoms with Gasteiger partial charge in [-0.3, -0.25) is 4.90 Å². The van der Waals surface area contributed by atoms with Crippen LogP contribution in [-0.2, 0) is 6.42 Å². The third kappa shape index (κ3) is 4.02. The molecule has 0 spiro atoms. The topological polar surface area (TPSA) is 15.3 Å². The maximum atomic E-state index is 3.56. The van der Waals surface area contributed by atoms with Crippen LogP contribution in [0.25, 0.3) is 0 Å². The monoisotopic (exact) mass is 304 g/mol. The number of hydrogen-bond donors (Lipinski definition) is 1. The Hall–Kier alpha value is -0.510. The van der Waals surface area contributed by atoms with Crippen LogP contribution in [0.1, 0.15) is 32.3 Å². The Kier molecular flexibility index (Phi) is 5.25. The summed E-state index contributed by atoms with van der Waals surface area (Å²) in [6.45, 7) is 9.62. The van der Waals surface area contributed by atoms with E-state index in [1.54, 1.807) is 5.56 Å². The molecular formula is C18H28N2S. The van der Waals surface area contributed by atoms with Crippen molar-refractivity contribution in [1.82, 2.24) is 10.2 Å². The van der Waals surface area contributed by atoms with Crippen LogP contribution in [-0.4, -0.2) is 42.4 Å². The Morgan fingerprint density at radius 1 is 1.29 bits per heavy atom. The summed E-state index contributed by atoms with van der Waals surface area (Å²) in [5, 5.41) is 4.29. The minimum absolute atomic E-state index is 0.649. The van der Waals surface area contributed by atoms with Gasteiger partial charge in [-0.15, -0.1) is 11.8 Å². The lowest BCUT2D eigenvalue weighted by Gasteiger charge is -2.34. The summed E-state index contributed by atoms with van der Waals surface area (Å²) in [5.74, 6) is 0.843. The standard InChI is InChI=1S/C18H28N2S/c1-14(2)20(12-15-6-5-9-19-11-15)13-17-10-16-7-3-4-8-18(16)21-17/h3-4,7-8,14-15,17,19H,5-6,9-13H2,1-2H3. The molecule has 1 aromatic rings. The molecule has 0 aromatic heterocycles. The summed E-state index contributed by atoms with van der Waals surface area (Å²) >= 11 is 2.09. The van der Waals surface area contributed by atoms with Crippen LogP contribution in [0, 0.1) is 5.92 Å². The number of thioether (sulfide) groups is 1. The molecule has 2 nitrogen and oxygen atoms in total. The van der Waals surface area contributed by atoms with Crippen LogP contribution >= 0.6 is 11.8 Å². The van der Waals surface area contributed by atoms with Crippen LogP contribution in [0.3, 0.4) is 0 Å². The summed E-state index contributed by atoms with van der Waals surface area (Å²) in [6.07, 6.45) is 3.99. The second-order valence-corrected chi connectivity index (χ2v) is 8.15. The zero-order valence-corrected chi connectivity index (χ0v) is 14.2. The highest BCUT2D eigenvalue weighted by Crippen LogP contribution is 2.37. The highest BCUT2D eigenvalue weighted by molar-refractivity contribution is 8.00. The number of fused-ring (bicyclic) bond motifs is 1. The van der Waals surface area contributed by atoms with Gasteiger partial charge in [-0.05, 0) is 63.7 Å². The minimum atomic E-state index is 0.649. The molecular weight excluding hydrogens is 276 g/mol. The van der Waals surface area contributed by atoms with Crippen molar-refractivity contribution in [2.24, 2.45) is 5.92 Å². The van der Waals surface area contributed by atoms with Gasteiger partial charge in [-0.2, -0.15) is 0 Å². The first-order valence-corrected chi connectivity index (χ1v) is 9.29. The Bertz CT molecular complexity index is 429. The predicted molar refractivity (Wildman–Crippen MR) is 92.1 cm³/mol. The molecule has 2 atom stereocenters. The molecule has 1 N–H and O–H groups in total. The summed E-state index contributed by atoms with van der Waals surface area (Å²) in [7, 11) is 0. The molecule has 2 unspecified atom stereocenters. The number of benzene rings is 1. The number of nitrogens with one attached hydrogen (secondary N) is 1. The molecule has 1 saturated heterocycles. The van der Waals surface area contributed by atoms with Gasteiger partial charge >= 0.3 is 0 Å². The quantitative estimate of drug-likeness (QED) is 0.897. The number of rotatable bonds is 5. The van der Waals surface area contributed by atoms with Gasteiger partial charge in [0.15, 0.2) is 0 Å². The first-order valence-electron chi connectivity index (χ1n) is 8.41. The zero-order chi connectivity index (χ0) is 14.7. The Morgan fingerprint density at radius 2 is 2.14 bits per heavy atom. The van der Waals surface area contributed by atoms with E-state index in [9.17, 15) is 0 Å². The highest BCUT2D eigenvalue weighted by atomic mass is 32.2. The van der Waals surface area contributed by atoms with E-state index in [1.807, 2.05) is 0 Å². The lowest BCUT2D eigenvalue weighted by molar-refractivity contribution is 0.172. The van der Waals surface area contributed by atoms with Crippen molar-refractivity contribution in [3.05, 3.63) is 29.8 Å². The molecule has 2 aliphatic heterocycles. The molecule has 2 aliphatic rings. The van der Waals surface area contributed by atoms with Crippen LogP contribution in [0.15, 0.2) is 29.2 Å². The molecule has 0 radical (unpaired) electrons. The summed E-state index contributed by atoms with van der Waals surface area (Å²) in [5.41, 5.74) is 1.55. The lowest BCUT2D eigenvalue weighted by atomic mass is 9.98. The molecule has 0 bridgehead atoms. The van der Waals surface area contributed by atoms with E-state index in [-0.39, 0.29) is 0 Å². The van der Waals surface area contributed by atoms with E-state index in [0.717, 1.165) is 11.2 Å². The molecule has 3 heteroatoms. The molecule has 3 rings (SSSR count). The van der Waals surface area contributed by atoms with Crippen LogP contribution in [0.5, 0.6) is 0 Å².